The minimum Gasteiger partial charge on any atom is -0.303 e. The van der Waals surface area contributed by atoms with Gasteiger partial charge in [-0.15, -0.1) is 0 Å². The Labute approximate surface area is 101 Å². The summed E-state index contributed by atoms with van der Waals surface area (Å²) in [6.45, 7) is 6.26. The predicted molar refractivity (Wildman–Crippen MR) is 69.6 cm³/mol. The predicted octanol–water partition coefficient (Wildman–Crippen LogP) is 4.17. The van der Waals surface area contributed by atoms with Crippen molar-refractivity contribution >= 4 is 12.6 Å². The number of carbonyl (C=O) groups excluding carboxylic acids is 2. The highest BCUT2D eigenvalue weighted by Gasteiger charge is 1.95. The lowest BCUT2D eigenvalue weighted by Crippen LogP contribution is -1.93. The summed E-state index contributed by atoms with van der Waals surface area (Å²) in [5.41, 5.74) is 0. The minimum absolute atomic E-state index is 0.273. The molecular formula is C14H28O2. The molecule has 0 N–H and O–H groups in total. The van der Waals surface area contributed by atoms with Gasteiger partial charge in [0, 0.05) is 12.3 Å². The SMILES string of the molecule is CCCCC(C)C=O.CCCCCCC=O. The summed E-state index contributed by atoms with van der Waals surface area (Å²) in [6.07, 6.45) is 11.0. The van der Waals surface area contributed by atoms with Crippen molar-refractivity contribution < 1.29 is 9.59 Å². The van der Waals surface area contributed by atoms with Crippen LogP contribution in [0.5, 0.6) is 0 Å². The number of rotatable bonds is 9. The van der Waals surface area contributed by atoms with E-state index in [-0.39, 0.29) is 5.92 Å². The minimum atomic E-state index is 0.273. The topological polar surface area (TPSA) is 34.1 Å². The number of hydrogen-bond acceptors (Lipinski definition) is 2. The first-order valence-electron chi connectivity index (χ1n) is 6.61. The fourth-order valence-corrected chi connectivity index (χ4v) is 1.25. The van der Waals surface area contributed by atoms with Crippen molar-refractivity contribution in [2.24, 2.45) is 5.92 Å². The highest BCUT2D eigenvalue weighted by Crippen LogP contribution is 2.03. The van der Waals surface area contributed by atoms with Gasteiger partial charge in [0.2, 0.25) is 0 Å². The molecule has 1 atom stereocenters. The van der Waals surface area contributed by atoms with Crippen molar-refractivity contribution in [3.63, 3.8) is 0 Å². The van der Waals surface area contributed by atoms with Crippen molar-refractivity contribution in [2.75, 3.05) is 0 Å². The van der Waals surface area contributed by atoms with Crippen molar-refractivity contribution in [2.45, 2.75) is 72.1 Å². The third-order valence-electron chi connectivity index (χ3n) is 2.42. The second-order valence-corrected chi connectivity index (χ2v) is 4.27. The number of aldehydes is 2. The molecule has 0 heterocycles. The molecule has 0 aliphatic heterocycles. The maximum absolute atomic E-state index is 10.0. The van der Waals surface area contributed by atoms with Gasteiger partial charge in [-0.2, -0.15) is 0 Å². The lowest BCUT2D eigenvalue weighted by atomic mass is 10.1. The highest BCUT2D eigenvalue weighted by molar-refractivity contribution is 5.52. The first kappa shape index (κ1) is 17.7. The van der Waals surface area contributed by atoms with Gasteiger partial charge in [0.05, 0.1) is 0 Å². The van der Waals surface area contributed by atoms with Gasteiger partial charge in [0.1, 0.15) is 12.6 Å². The van der Waals surface area contributed by atoms with Crippen LogP contribution in [0.15, 0.2) is 0 Å². The average Bonchev–Trinajstić information content (AvgIpc) is 2.32. The first-order valence-corrected chi connectivity index (χ1v) is 6.61. The Kier molecular flexibility index (Phi) is 18.6. The maximum atomic E-state index is 10.0. The van der Waals surface area contributed by atoms with Crippen molar-refractivity contribution in [3.8, 4) is 0 Å². The van der Waals surface area contributed by atoms with E-state index in [0.29, 0.717) is 0 Å². The molecule has 2 heteroatoms. The molecule has 0 fully saturated rings. The quantitative estimate of drug-likeness (QED) is 0.438. The van der Waals surface area contributed by atoms with Crippen LogP contribution < -0.4 is 0 Å². The molecule has 0 aromatic carbocycles. The molecule has 0 bridgehead atoms. The third-order valence-corrected chi connectivity index (χ3v) is 2.42. The molecule has 0 saturated carbocycles. The zero-order valence-electron chi connectivity index (χ0n) is 11.2. The lowest BCUT2D eigenvalue weighted by Gasteiger charge is -1.97. The van der Waals surface area contributed by atoms with Crippen LogP contribution in [0.2, 0.25) is 0 Å². The van der Waals surface area contributed by atoms with Gasteiger partial charge in [-0.3, -0.25) is 0 Å². The van der Waals surface area contributed by atoms with E-state index in [2.05, 4.69) is 13.8 Å². The molecule has 1 unspecified atom stereocenters. The summed E-state index contributed by atoms with van der Waals surface area (Å²) in [6, 6.07) is 0. The van der Waals surface area contributed by atoms with Crippen LogP contribution in [0.1, 0.15) is 72.1 Å². The van der Waals surface area contributed by atoms with E-state index >= 15 is 0 Å². The van der Waals surface area contributed by atoms with Crippen molar-refractivity contribution in [3.05, 3.63) is 0 Å². The summed E-state index contributed by atoms with van der Waals surface area (Å²) in [4.78, 5) is 19.8. The Balaban J connectivity index is 0. The van der Waals surface area contributed by atoms with Crippen LogP contribution in [0.3, 0.4) is 0 Å². The largest absolute Gasteiger partial charge is 0.303 e. The molecule has 0 aliphatic carbocycles. The van der Waals surface area contributed by atoms with Gasteiger partial charge < -0.3 is 9.59 Å². The molecule has 2 nitrogen and oxygen atoms in total. The second kappa shape index (κ2) is 16.8. The lowest BCUT2D eigenvalue weighted by molar-refractivity contribution is -0.111. The molecule has 0 radical (unpaired) electrons. The molecule has 96 valence electrons. The zero-order chi connectivity index (χ0) is 12.6. The van der Waals surface area contributed by atoms with Crippen LogP contribution in [-0.4, -0.2) is 12.6 Å². The van der Waals surface area contributed by atoms with Crippen molar-refractivity contribution in [1.82, 2.24) is 0 Å². The number of unbranched alkanes of at least 4 members (excludes halogenated alkanes) is 5. The normalized spacial score (nSPS) is 11.2. The van der Waals surface area contributed by atoms with Crippen LogP contribution in [0.4, 0.5) is 0 Å². The van der Waals surface area contributed by atoms with Gasteiger partial charge in [-0.05, 0) is 12.8 Å². The van der Waals surface area contributed by atoms with Crippen LogP contribution in [0, 0.1) is 5.92 Å². The van der Waals surface area contributed by atoms with E-state index in [9.17, 15) is 9.59 Å². The summed E-state index contributed by atoms with van der Waals surface area (Å²) < 4.78 is 0. The Morgan fingerprint density at radius 2 is 1.56 bits per heavy atom. The van der Waals surface area contributed by atoms with E-state index in [1.807, 2.05) is 6.92 Å². The fraction of sp³-hybridized carbons (Fsp3) is 0.857. The summed E-state index contributed by atoms with van der Waals surface area (Å²) >= 11 is 0. The Morgan fingerprint density at radius 3 is 2.00 bits per heavy atom. The molecular weight excluding hydrogens is 200 g/mol. The average molecular weight is 228 g/mol. The zero-order valence-corrected chi connectivity index (χ0v) is 11.2. The monoisotopic (exact) mass is 228 g/mol. The summed E-state index contributed by atoms with van der Waals surface area (Å²) in [5, 5.41) is 0. The van der Waals surface area contributed by atoms with E-state index in [4.69, 9.17) is 0 Å². The third kappa shape index (κ3) is 19.0. The first-order chi connectivity index (χ1) is 7.72. The summed E-state index contributed by atoms with van der Waals surface area (Å²) in [5.74, 6) is 0.273. The number of hydrogen-bond donors (Lipinski definition) is 0. The van der Waals surface area contributed by atoms with Gasteiger partial charge in [0.25, 0.3) is 0 Å². The standard InChI is InChI=1S/2C7H14O/c1-3-4-5-7(2)6-8;1-2-3-4-5-6-7-8/h6-7H,3-5H2,1-2H3;7H,2-6H2,1H3. The fourth-order valence-electron chi connectivity index (χ4n) is 1.25. The van der Waals surface area contributed by atoms with E-state index < -0.39 is 0 Å². The van der Waals surface area contributed by atoms with Crippen molar-refractivity contribution in [1.29, 1.82) is 0 Å². The highest BCUT2D eigenvalue weighted by atomic mass is 16.1. The van der Waals surface area contributed by atoms with Gasteiger partial charge in [-0.25, -0.2) is 0 Å². The van der Waals surface area contributed by atoms with Crippen LogP contribution in [-0.2, 0) is 9.59 Å². The molecule has 0 rings (SSSR count). The summed E-state index contributed by atoms with van der Waals surface area (Å²) in [7, 11) is 0. The van der Waals surface area contributed by atoms with Gasteiger partial charge >= 0.3 is 0 Å². The van der Waals surface area contributed by atoms with Crippen LogP contribution in [0.25, 0.3) is 0 Å². The number of carbonyl (C=O) groups is 2. The second-order valence-electron chi connectivity index (χ2n) is 4.27. The Morgan fingerprint density at radius 1 is 0.938 bits per heavy atom. The van der Waals surface area contributed by atoms with E-state index in [0.717, 1.165) is 31.8 Å². The van der Waals surface area contributed by atoms with E-state index in [1.165, 1.54) is 32.1 Å². The molecule has 0 spiro atoms. The Hall–Kier alpha value is -0.660. The molecule has 0 saturated heterocycles. The molecule has 16 heavy (non-hydrogen) atoms. The Bertz CT molecular complexity index is 144. The van der Waals surface area contributed by atoms with Crippen LogP contribution >= 0.6 is 0 Å². The van der Waals surface area contributed by atoms with Gasteiger partial charge in [0.15, 0.2) is 0 Å². The molecule has 0 amide bonds. The van der Waals surface area contributed by atoms with Gasteiger partial charge in [-0.1, -0.05) is 52.9 Å². The molecule has 0 aliphatic rings. The molecule has 0 aromatic rings. The molecule has 0 aromatic heterocycles. The van der Waals surface area contributed by atoms with E-state index in [1.54, 1.807) is 0 Å². The maximum Gasteiger partial charge on any atom is 0.122 e. The smallest absolute Gasteiger partial charge is 0.122 e.